The fraction of sp³-hybridized carbons (Fsp3) is 0.667. The summed E-state index contributed by atoms with van der Waals surface area (Å²) < 4.78 is 14.3. The number of Topliss-reactive ketones (excluding diaryl/α,β-unsaturated/α-hetero) is 2. The molecule has 4 rings (SSSR count). The minimum atomic E-state index is -0.455. The number of ether oxygens (including phenoxy) is 2. The Morgan fingerprint density at radius 1 is 1.13 bits per heavy atom. The third-order valence-corrected chi connectivity index (χ3v) is 7.80. The van der Waals surface area contributed by atoms with Gasteiger partial charge in [-0.2, -0.15) is 4.98 Å². The number of likely N-dealkylation sites (N-methyl/N-ethyl adjacent to an activating group) is 1. The molecule has 0 unspecified atom stereocenters. The lowest BCUT2D eigenvalue weighted by atomic mass is 9.83. The number of allylic oxidation sites excluding steroid dienone is 2. The summed E-state index contributed by atoms with van der Waals surface area (Å²) in [6.45, 7) is 3.89. The van der Waals surface area contributed by atoms with Crippen LogP contribution in [0.2, 0.25) is 0 Å². The van der Waals surface area contributed by atoms with Crippen molar-refractivity contribution in [1.29, 1.82) is 0 Å². The van der Waals surface area contributed by atoms with Crippen LogP contribution in [0.4, 0.5) is 0 Å². The van der Waals surface area contributed by atoms with Crippen LogP contribution in [0.5, 0.6) is 5.88 Å². The van der Waals surface area contributed by atoms with Crippen LogP contribution in [0, 0.1) is 5.92 Å². The molecule has 0 aromatic carbocycles. The van der Waals surface area contributed by atoms with Gasteiger partial charge in [0.25, 0.3) is 0 Å². The van der Waals surface area contributed by atoms with Crippen LogP contribution in [-0.4, -0.2) is 75.5 Å². The van der Waals surface area contributed by atoms with E-state index < -0.39 is 11.7 Å². The second-order valence-corrected chi connectivity index (χ2v) is 10.4. The molecule has 1 aliphatic carbocycles. The SMILES string of the molecule is CCC/C(C(=O)c1nc(OC[C@@H]2CCCN2C)c2c(n1)n(CCOC)c(=O)n2C)=C(/N)[C@H]1CCCCC1=O. The van der Waals surface area contributed by atoms with Crippen LogP contribution in [0.1, 0.15) is 68.9 Å². The molecular formula is C27H40N6O5. The van der Waals surface area contributed by atoms with Gasteiger partial charge in [-0.05, 0) is 45.7 Å². The van der Waals surface area contributed by atoms with Gasteiger partial charge in [-0.15, -0.1) is 0 Å². The van der Waals surface area contributed by atoms with Gasteiger partial charge in [0.05, 0.1) is 19.1 Å². The zero-order valence-corrected chi connectivity index (χ0v) is 23.0. The molecule has 1 aliphatic heterocycles. The molecule has 2 aliphatic rings. The number of aryl methyl sites for hydroxylation is 1. The molecule has 2 fully saturated rings. The van der Waals surface area contributed by atoms with Gasteiger partial charge in [0.2, 0.25) is 17.5 Å². The fourth-order valence-corrected chi connectivity index (χ4v) is 5.52. The van der Waals surface area contributed by atoms with Crippen LogP contribution in [-0.2, 0) is 23.1 Å². The first kappa shape index (κ1) is 28.0. The summed E-state index contributed by atoms with van der Waals surface area (Å²) in [5.41, 5.74) is 7.65. The Labute approximate surface area is 223 Å². The number of nitrogens with two attached hydrogens (primary N) is 1. The summed E-state index contributed by atoms with van der Waals surface area (Å²) >= 11 is 0. The van der Waals surface area contributed by atoms with Gasteiger partial charge in [0.1, 0.15) is 12.4 Å². The van der Waals surface area contributed by atoms with Crippen LogP contribution < -0.4 is 16.2 Å². The van der Waals surface area contributed by atoms with Gasteiger partial charge in [-0.1, -0.05) is 19.8 Å². The van der Waals surface area contributed by atoms with Crippen molar-refractivity contribution < 1.29 is 19.1 Å². The van der Waals surface area contributed by atoms with Crippen LogP contribution >= 0.6 is 0 Å². The molecule has 1 saturated carbocycles. The summed E-state index contributed by atoms with van der Waals surface area (Å²) in [5, 5.41) is 0. The highest BCUT2D eigenvalue weighted by atomic mass is 16.5. The highest BCUT2D eigenvalue weighted by Crippen LogP contribution is 2.30. The number of carbonyl (C=O) groups is 2. The third kappa shape index (κ3) is 5.54. The maximum Gasteiger partial charge on any atom is 0.330 e. The van der Waals surface area contributed by atoms with E-state index in [2.05, 4.69) is 21.9 Å². The first-order chi connectivity index (χ1) is 18.3. The minimum Gasteiger partial charge on any atom is -0.474 e. The largest absolute Gasteiger partial charge is 0.474 e. The second-order valence-electron chi connectivity index (χ2n) is 10.4. The van der Waals surface area contributed by atoms with Crippen molar-refractivity contribution in [1.82, 2.24) is 24.0 Å². The predicted molar refractivity (Wildman–Crippen MR) is 143 cm³/mol. The number of fused-ring (bicyclic) bond motifs is 1. The Morgan fingerprint density at radius 3 is 2.58 bits per heavy atom. The first-order valence-electron chi connectivity index (χ1n) is 13.6. The monoisotopic (exact) mass is 528 g/mol. The Kier molecular flexibility index (Phi) is 8.99. The maximum absolute atomic E-state index is 13.9. The molecule has 1 saturated heterocycles. The highest BCUT2D eigenvalue weighted by molar-refractivity contribution is 6.08. The van der Waals surface area contributed by atoms with Crippen LogP contribution in [0.3, 0.4) is 0 Å². The van der Waals surface area contributed by atoms with Crippen molar-refractivity contribution in [2.75, 3.05) is 33.9 Å². The van der Waals surface area contributed by atoms with Crippen LogP contribution in [0.15, 0.2) is 16.1 Å². The van der Waals surface area contributed by atoms with Gasteiger partial charge in [-0.25, -0.2) is 9.78 Å². The van der Waals surface area contributed by atoms with Crippen molar-refractivity contribution in [3.8, 4) is 5.88 Å². The number of methoxy groups -OCH3 is 1. The zero-order chi connectivity index (χ0) is 27.4. The summed E-state index contributed by atoms with van der Waals surface area (Å²) in [6, 6.07) is 0.218. The Bertz CT molecular complexity index is 1280. The lowest BCUT2D eigenvalue weighted by molar-refractivity contribution is -0.123. The average molecular weight is 529 g/mol. The zero-order valence-electron chi connectivity index (χ0n) is 23.0. The highest BCUT2D eigenvalue weighted by Gasteiger charge is 2.31. The number of hydrogen-bond acceptors (Lipinski definition) is 9. The summed E-state index contributed by atoms with van der Waals surface area (Å²) in [4.78, 5) is 51.0. The molecule has 2 N–H and O–H groups in total. The van der Waals surface area contributed by atoms with E-state index in [0.29, 0.717) is 61.3 Å². The summed E-state index contributed by atoms with van der Waals surface area (Å²) in [5.74, 6) is -0.700. The molecule has 2 aromatic rings. The second kappa shape index (κ2) is 12.2. The van der Waals surface area contributed by atoms with Gasteiger partial charge in [0.15, 0.2) is 11.2 Å². The molecule has 208 valence electrons. The van der Waals surface area contributed by atoms with Crippen molar-refractivity contribution in [3.05, 3.63) is 27.6 Å². The van der Waals surface area contributed by atoms with E-state index in [4.69, 9.17) is 15.2 Å². The molecule has 2 aromatic heterocycles. The van der Waals surface area contributed by atoms with E-state index in [1.165, 1.54) is 9.13 Å². The van der Waals surface area contributed by atoms with E-state index in [0.717, 1.165) is 32.2 Å². The number of nitrogens with zero attached hydrogens (tertiary/aromatic N) is 5. The van der Waals surface area contributed by atoms with Gasteiger partial charge in [-0.3, -0.25) is 18.7 Å². The topological polar surface area (TPSA) is 135 Å². The van der Waals surface area contributed by atoms with Crippen molar-refractivity contribution >= 4 is 22.7 Å². The van der Waals surface area contributed by atoms with E-state index >= 15 is 0 Å². The molecule has 0 spiro atoms. The van der Waals surface area contributed by atoms with Crippen molar-refractivity contribution in [2.45, 2.75) is 70.9 Å². The number of likely N-dealkylation sites (tertiary alicyclic amines) is 1. The molecule has 2 atom stereocenters. The quantitative estimate of drug-likeness (QED) is 0.344. The van der Waals surface area contributed by atoms with E-state index in [9.17, 15) is 14.4 Å². The van der Waals surface area contributed by atoms with E-state index in [1.54, 1.807) is 14.2 Å². The number of aromatic nitrogens is 4. The van der Waals surface area contributed by atoms with Crippen LogP contribution in [0.25, 0.3) is 11.2 Å². The molecule has 11 nitrogen and oxygen atoms in total. The van der Waals surface area contributed by atoms with E-state index in [-0.39, 0.29) is 35.8 Å². The lowest BCUT2D eigenvalue weighted by Gasteiger charge is -2.23. The number of hydrogen-bond donors (Lipinski definition) is 1. The predicted octanol–water partition coefficient (Wildman–Crippen LogP) is 2.20. The summed E-state index contributed by atoms with van der Waals surface area (Å²) in [6.07, 6.45) is 6.04. The normalized spacial score (nSPS) is 21.2. The van der Waals surface area contributed by atoms with Gasteiger partial charge >= 0.3 is 5.69 Å². The molecule has 11 heteroatoms. The lowest BCUT2D eigenvalue weighted by Crippen LogP contribution is -2.31. The van der Waals surface area contributed by atoms with Gasteiger partial charge < -0.3 is 20.1 Å². The molecule has 38 heavy (non-hydrogen) atoms. The minimum absolute atomic E-state index is 0.0766. The standard InChI is InChI=1S/C27H40N6O5/c1-5-9-19(21(28)18-11-6-7-12-20(18)34)23(35)24-29-25-22(32(3)27(36)33(25)14-15-37-4)26(30-24)38-16-17-10-8-13-31(17)2/h17-18H,5-16,28H2,1-4H3/b21-19-/t17-,18-/m0/s1. The Morgan fingerprint density at radius 2 is 1.92 bits per heavy atom. The molecule has 0 radical (unpaired) electrons. The number of imidazole rings is 1. The Balaban J connectivity index is 1.81. The van der Waals surface area contributed by atoms with E-state index in [1.807, 2.05) is 6.92 Å². The smallest absolute Gasteiger partial charge is 0.330 e. The summed E-state index contributed by atoms with van der Waals surface area (Å²) in [7, 11) is 5.26. The average Bonchev–Trinajstić information content (AvgIpc) is 3.43. The number of rotatable bonds is 11. The molecular weight excluding hydrogens is 488 g/mol. The number of carbonyl (C=O) groups excluding carboxylic acids is 2. The number of ketones is 2. The first-order valence-corrected chi connectivity index (χ1v) is 13.6. The molecule has 0 amide bonds. The molecule has 3 heterocycles. The van der Waals surface area contributed by atoms with Gasteiger partial charge in [0, 0.05) is 37.9 Å². The molecule has 0 bridgehead atoms. The fourth-order valence-electron chi connectivity index (χ4n) is 5.52. The van der Waals surface area contributed by atoms with Crippen molar-refractivity contribution in [3.63, 3.8) is 0 Å². The van der Waals surface area contributed by atoms with Crippen molar-refractivity contribution in [2.24, 2.45) is 18.7 Å². The maximum atomic E-state index is 13.9. The Hall–Kier alpha value is -3.05. The third-order valence-electron chi connectivity index (χ3n) is 7.80.